The second-order valence-electron chi connectivity index (χ2n) is 9.97. The molecule has 0 aromatic carbocycles. The van der Waals surface area contributed by atoms with Crippen LogP contribution in [0.2, 0.25) is 0 Å². The van der Waals surface area contributed by atoms with Crippen LogP contribution < -0.4 is 33.2 Å². The van der Waals surface area contributed by atoms with Gasteiger partial charge >= 0.3 is 6.18 Å². The molecule has 0 rings (SSSR count). The first-order valence-corrected chi connectivity index (χ1v) is 14.9. The van der Waals surface area contributed by atoms with Crippen LogP contribution in [0.1, 0.15) is 148 Å². The molecule has 0 aliphatic carbocycles. The lowest BCUT2D eigenvalue weighted by molar-refractivity contribution is -0.368. The summed E-state index contributed by atoms with van der Waals surface area (Å²) in [6.45, 7) is 2.09. The van der Waals surface area contributed by atoms with Gasteiger partial charge in [-0.15, -0.1) is 0 Å². The minimum atomic E-state index is -5.19. The summed E-state index contributed by atoms with van der Waals surface area (Å²) in [7, 11) is 0. The molecule has 0 spiro atoms. The quantitative estimate of drug-likeness (QED) is 0.0567. The number of hydrogen-bond acceptors (Lipinski definition) is 6. The molecule has 10 heteroatoms. The Kier molecular flexibility index (Phi) is 32.3. The molecule has 0 aromatic rings. The minimum absolute atomic E-state index is 0.974. The molecule has 0 fully saturated rings. The number of carbonyl (C=O) groups is 1. The Hall–Kier alpha value is -0.940. The number of carbonyl (C=O) groups excluding carboxylic acids is 1. The summed E-state index contributed by atoms with van der Waals surface area (Å²) in [4.78, 5) is 8.78. The molecule has 7 nitrogen and oxygen atoms in total. The van der Waals surface area contributed by atoms with E-state index in [-0.39, 0.29) is 0 Å². The van der Waals surface area contributed by atoms with Crippen molar-refractivity contribution in [2.75, 3.05) is 13.1 Å². The summed E-state index contributed by atoms with van der Waals surface area (Å²) in [5, 5.41) is 8.78. The van der Waals surface area contributed by atoms with Crippen molar-refractivity contribution in [3.05, 3.63) is 0 Å². The van der Waals surface area contributed by atoms with Crippen LogP contribution in [-0.2, 0) is 4.79 Å². The zero-order valence-electron chi connectivity index (χ0n) is 23.4. The predicted octanol–water partition coefficient (Wildman–Crippen LogP) is 4.97. The van der Waals surface area contributed by atoms with Crippen molar-refractivity contribution in [3.8, 4) is 0 Å². The third-order valence-corrected chi connectivity index (χ3v) is 6.44. The van der Waals surface area contributed by atoms with E-state index in [0.717, 1.165) is 13.1 Å². The molecule has 0 bridgehead atoms. The Morgan fingerprint density at radius 3 is 1.05 bits per heavy atom. The van der Waals surface area contributed by atoms with Gasteiger partial charge in [-0.05, 0) is 19.3 Å². The Morgan fingerprint density at radius 1 is 0.595 bits per heavy atom. The van der Waals surface area contributed by atoms with Crippen molar-refractivity contribution in [3.63, 3.8) is 0 Å². The van der Waals surface area contributed by atoms with Gasteiger partial charge in [0.15, 0.2) is 0 Å². The van der Waals surface area contributed by atoms with Crippen LogP contribution in [0, 0.1) is 0 Å². The summed E-state index contributed by atoms with van der Waals surface area (Å²) in [5.74, 6) is 2.10. The van der Waals surface area contributed by atoms with E-state index in [4.69, 9.17) is 15.7 Å². The maximum absolute atomic E-state index is 10.5. The van der Waals surface area contributed by atoms with Crippen LogP contribution in [0.25, 0.3) is 0 Å². The molecule has 0 atom stereocenters. The molecule has 0 radical (unpaired) electrons. The predicted molar refractivity (Wildman–Crippen MR) is 143 cm³/mol. The van der Waals surface area contributed by atoms with Gasteiger partial charge in [0.05, 0.1) is 6.54 Å². The highest BCUT2D eigenvalue weighted by atomic mass is 19.4. The fourth-order valence-corrected chi connectivity index (χ4v) is 4.22. The molecule has 37 heavy (non-hydrogen) atoms. The van der Waals surface area contributed by atoms with Crippen molar-refractivity contribution in [2.24, 2.45) is 5.84 Å². The normalized spacial score (nSPS) is 11.4. The van der Waals surface area contributed by atoms with E-state index in [9.17, 15) is 13.2 Å². The summed E-state index contributed by atoms with van der Waals surface area (Å²) in [6, 6.07) is 0. The monoisotopic (exact) mass is 541 g/mol. The molecule has 0 saturated heterocycles. The van der Waals surface area contributed by atoms with Crippen LogP contribution in [0.5, 0.6) is 0 Å². The number of rotatable bonds is 27. The van der Waals surface area contributed by atoms with Crippen LogP contribution in [0.3, 0.4) is 0 Å². The molecule has 0 heterocycles. The number of nitrogens with two attached hydrogens (primary N) is 1. The average Bonchev–Trinajstić information content (AvgIpc) is 2.86. The van der Waals surface area contributed by atoms with Crippen molar-refractivity contribution < 1.29 is 28.8 Å². The topological polar surface area (TPSA) is 130 Å². The SMILES string of the molecule is NNNNCCCCCCCCCCCCCCCCCCCCCCCCC[NH3+].O=C([O-])C(F)(F)F. The number of carboxylic acid groups (broad SMARTS) is 1. The summed E-state index contributed by atoms with van der Waals surface area (Å²) < 4.78 is 31.5. The molecule has 224 valence electrons. The van der Waals surface area contributed by atoms with E-state index >= 15 is 0 Å². The smallest absolute Gasteiger partial charge is 0.430 e. The lowest BCUT2D eigenvalue weighted by Gasteiger charge is -2.05. The van der Waals surface area contributed by atoms with Gasteiger partial charge in [-0.25, -0.2) is 5.43 Å². The Bertz CT molecular complexity index is 430. The minimum Gasteiger partial charge on any atom is -0.542 e. The second-order valence-corrected chi connectivity index (χ2v) is 9.97. The van der Waals surface area contributed by atoms with Gasteiger partial charge in [0.1, 0.15) is 5.97 Å². The zero-order chi connectivity index (χ0) is 27.9. The molecule has 8 N–H and O–H groups in total. The maximum atomic E-state index is 10.5. The maximum Gasteiger partial charge on any atom is 0.430 e. The molecule has 0 amide bonds. The van der Waals surface area contributed by atoms with E-state index in [1.807, 2.05) is 0 Å². The summed E-state index contributed by atoms with van der Waals surface area (Å²) in [6.07, 6.45) is 27.6. The van der Waals surface area contributed by atoms with Crippen LogP contribution in [0.4, 0.5) is 13.2 Å². The van der Waals surface area contributed by atoms with E-state index in [0.29, 0.717) is 0 Å². The van der Waals surface area contributed by atoms with Gasteiger partial charge in [-0.3, -0.25) is 5.84 Å². The fraction of sp³-hybridized carbons (Fsp3) is 0.963. The number of hydrogen-bond donors (Lipinski definition) is 5. The van der Waals surface area contributed by atoms with Crippen LogP contribution in [-0.4, -0.2) is 25.2 Å². The second kappa shape index (κ2) is 31.3. The van der Waals surface area contributed by atoms with Crippen molar-refractivity contribution in [1.82, 2.24) is 16.5 Å². The summed E-state index contributed by atoms with van der Waals surface area (Å²) in [5.41, 5.74) is 12.0. The Labute approximate surface area is 224 Å². The standard InChI is InChI=1S/C25H57N5.C2HF3O2/c26-24-22-20-18-16-14-12-10-8-6-4-2-1-3-5-7-9-11-13-15-17-19-21-23-25-28-30-29-27;3-2(4,5)1(6)7/h28-30H,1-27H2;(H,6,7). The van der Waals surface area contributed by atoms with E-state index < -0.39 is 12.1 Å². The van der Waals surface area contributed by atoms with Gasteiger partial charge < -0.3 is 15.6 Å². The Balaban J connectivity index is 0. The Morgan fingerprint density at radius 2 is 0.838 bits per heavy atom. The highest BCUT2D eigenvalue weighted by molar-refractivity contribution is 5.70. The average molecular weight is 542 g/mol. The first kappa shape index (κ1) is 38.2. The van der Waals surface area contributed by atoms with Gasteiger partial charge in [-0.1, -0.05) is 128 Å². The van der Waals surface area contributed by atoms with Crippen molar-refractivity contribution in [1.29, 1.82) is 0 Å². The van der Waals surface area contributed by atoms with Crippen LogP contribution in [0.15, 0.2) is 0 Å². The van der Waals surface area contributed by atoms with Gasteiger partial charge in [0.2, 0.25) is 0 Å². The number of unbranched alkanes of at least 4 members (excludes halogenated alkanes) is 22. The molecule has 0 aliphatic heterocycles. The number of aliphatic carboxylic acids is 1. The van der Waals surface area contributed by atoms with E-state index in [2.05, 4.69) is 22.2 Å². The number of carboxylic acids is 1. The first-order valence-electron chi connectivity index (χ1n) is 14.9. The third-order valence-electron chi connectivity index (χ3n) is 6.44. The molecule has 0 aromatic heterocycles. The van der Waals surface area contributed by atoms with Gasteiger partial charge in [-0.2, -0.15) is 24.2 Å². The van der Waals surface area contributed by atoms with E-state index in [1.165, 1.54) is 148 Å². The molecule has 0 unspecified atom stereocenters. The highest BCUT2D eigenvalue weighted by Crippen LogP contribution is 2.15. The first-order chi connectivity index (χ1) is 17.9. The molecule has 0 aliphatic rings. The molecule has 0 saturated carbocycles. The number of nitrogens with one attached hydrogen (secondary N) is 3. The molecular formula is C27H58F3N5O2. The van der Waals surface area contributed by atoms with E-state index in [1.54, 1.807) is 0 Å². The lowest BCUT2D eigenvalue weighted by atomic mass is 10.0. The number of halogens is 3. The van der Waals surface area contributed by atoms with Crippen molar-refractivity contribution >= 4 is 5.97 Å². The zero-order valence-corrected chi connectivity index (χ0v) is 23.4. The number of alkyl halides is 3. The largest absolute Gasteiger partial charge is 0.542 e. The summed E-state index contributed by atoms with van der Waals surface area (Å²) >= 11 is 0. The molecular weight excluding hydrogens is 483 g/mol. The van der Waals surface area contributed by atoms with Crippen molar-refractivity contribution in [2.45, 2.75) is 154 Å². The highest BCUT2D eigenvalue weighted by Gasteiger charge is 2.28. The van der Waals surface area contributed by atoms with Gasteiger partial charge in [0.25, 0.3) is 0 Å². The number of quaternary nitrogens is 1. The van der Waals surface area contributed by atoms with Crippen LogP contribution >= 0.6 is 0 Å². The fourth-order valence-electron chi connectivity index (χ4n) is 4.22. The lowest BCUT2D eigenvalue weighted by Crippen LogP contribution is -2.50. The van der Waals surface area contributed by atoms with Gasteiger partial charge in [0, 0.05) is 6.54 Å². The number of hydrazine groups is 3. The third kappa shape index (κ3) is 37.3.